The van der Waals surface area contributed by atoms with Gasteiger partial charge in [-0.05, 0) is 36.4 Å². The molecule has 9 heteroatoms. The van der Waals surface area contributed by atoms with Crippen molar-refractivity contribution in [2.24, 2.45) is 0 Å². The molecule has 0 fully saturated rings. The topological polar surface area (TPSA) is 82.5 Å². The summed E-state index contributed by atoms with van der Waals surface area (Å²) >= 11 is 0. The first-order valence-electron chi connectivity index (χ1n) is 8.36. The van der Waals surface area contributed by atoms with Crippen LogP contribution in [-0.2, 0) is 21.4 Å². The summed E-state index contributed by atoms with van der Waals surface area (Å²) in [4.78, 5) is 4.57. The lowest BCUT2D eigenvalue weighted by molar-refractivity contribution is 0.0581. The first-order valence-corrected chi connectivity index (χ1v) is 9.84. The van der Waals surface area contributed by atoms with Crippen molar-refractivity contribution in [3.8, 4) is 5.75 Å². The van der Waals surface area contributed by atoms with E-state index in [1.54, 1.807) is 7.11 Å². The number of hydrogen-bond donors (Lipinski definition) is 1. The number of nitrogens with one attached hydrogen (secondary N) is 1. The van der Waals surface area contributed by atoms with E-state index in [-0.39, 0.29) is 17.5 Å². The summed E-state index contributed by atoms with van der Waals surface area (Å²) in [5, 5.41) is 0. The SMILES string of the molecule is COc1ccc2nc3n(c2c1)[C@@H](CNS(=O)(=O)c1ccc(F)cc1)COC3. The summed E-state index contributed by atoms with van der Waals surface area (Å²) in [5.41, 5.74) is 1.65. The molecule has 2 aromatic carbocycles. The summed E-state index contributed by atoms with van der Waals surface area (Å²) in [6, 6.07) is 10.0. The maximum atomic E-state index is 13.0. The van der Waals surface area contributed by atoms with Gasteiger partial charge in [-0.15, -0.1) is 0 Å². The molecule has 0 amide bonds. The van der Waals surface area contributed by atoms with Crippen LogP contribution in [0.25, 0.3) is 11.0 Å². The molecule has 0 aliphatic carbocycles. The van der Waals surface area contributed by atoms with Gasteiger partial charge in [0.05, 0.1) is 35.7 Å². The predicted molar refractivity (Wildman–Crippen MR) is 96.6 cm³/mol. The second-order valence-corrected chi connectivity index (χ2v) is 7.99. The molecule has 142 valence electrons. The Morgan fingerprint density at radius 1 is 1.30 bits per heavy atom. The second-order valence-electron chi connectivity index (χ2n) is 6.23. The van der Waals surface area contributed by atoms with Crippen molar-refractivity contribution in [1.29, 1.82) is 0 Å². The Labute approximate surface area is 155 Å². The van der Waals surface area contributed by atoms with E-state index < -0.39 is 15.8 Å². The Bertz CT molecular complexity index is 1080. The van der Waals surface area contributed by atoms with Crippen molar-refractivity contribution in [3.05, 3.63) is 54.1 Å². The predicted octanol–water partition coefficient (Wildman–Crippen LogP) is 2.23. The maximum absolute atomic E-state index is 13.0. The number of fused-ring (bicyclic) bond motifs is 3. The van der Waals surface area contributed by atoms with Gasteiger partial charge in [-0.1, -0.05) is 0 Å². The lowest BCUT2D eigenvalue weighted by atomic mass is 10.2. The molecule has 0 radical (unpaired) electrons. The number of benzene rings is 2. The first-order chi connectivity index (χ1) is 13.0. The number of nitrogens with zero attached hydrogens (tertiary/aromatic N) is 2. The summed E-state index contributed by atoms with van der Waals surface area (Å²) < 4.78 is 53.4. The molecule has 2 heterocycles. The molecule has 0 saturated heterocycles. The van der Waals surface area contributed by atoms with Gasteiger partial charge >= 0.3 is 0 Å². The van der Waals surface area contributed by atoms with Gasteiger partial charge in [0, 0.05) is 12.6 Å². The van der Waals surface area contributed by atoms with Crippen molar-refractivity contribution < 1.29 is 22.3 Å². The third-order valence-corrected chi connectivity index (χ3v) is 5.95. The molecule has 0 bridgehead atoms. The normalized spacial score (nSPS) is 17.0. The molecule has 1 aromatic heterocycles. The molecule has 1 N–H and O–H groups in total. The van der Waals surface area contributed by atoms with Gasteiger partial charge in [0.1, 0.15) is 24.0 Å². The fourth-order valence-electron chi connectivity index (χ4n) is 3.17. The highest BCUT2D eigenvalue weighted by Crippen LogP contribution is 2.28. The minimum Gasteiger partial charge on any atom is -0.497 e. The molecule has 1 atom stereocenters. The lowest BCUT2D eigenvalue weighted by Gasteiger charge is -2.26. The van der Waals surface area contributed by atoms with E-state index in [0.29, 0.717) is 19.0 Å². The largest absolute Gasteiger partial charge is 0.497 e. The monoisotopic (exact) mass is 391 g/mol. The summed E-state index contributed by atoms with van der Waals surface area (Å²) in [5.74, 6) is 0.941. The van der Waals surface area contributed by atoms with Crippen LogP contribution in [0.15, 0.2) is 47.4 Å². The van der Waals surface area contributed by atoms with Gasteiger partial charge in [-0.3, -0.25) is 0 Å². The highest BCUT2D eigenvalue weighted by molar-refractivity contribution is 7.89. The van der Waals surface area contributed by atoms with Crippen LogP contribution in [0, 0.1) is 5.82 Å². The van der Waals surface area contributed by atoms with Crippen molar-refractivity contribution in [2.75, 3.05) is 20.3 Å². The summed E-state index contributed by atoms with van der Waals surface area (Å²) in [6.45, 7) is 0.829. The minimum atomic E-state index is -3.76. The van der Waals surface area contributed by atoms with Gasteiger partial charge < -0.3 is 14.0 Å². The number of ether oxygens (including phenoxy) is 2. The quantitative estimate of drug-likeness (QED) is 0.721. The molecule has 1 aliphatic rings. The van der Waals surface area contributed by atoms with E-state index in [0.717, 1.165) is 29.0 Å². The van der Waals surface area contributed by atoms with Crippen LogP contribution in [0.4, 0.5) is 4.39 Å². The molecular formula is C18H18FN3O4S. The smallest absolute Gasteiger partial charge is 0.240 e. The van der Waals surface area contributed by atoms with Gasteiger partial charge in [0.25, 0.3) is 0 Å². The van der Waals surface area contributed by atoms with Crippen molar-refractivity contribution >= 4 is 21.1 Å². The van der Waals surface area contributed by atoms with E-state index in [1.807, 2.05) is 22.8 Å². The number of aromatic nitrogens is 2. The number of methoxy groups -OCH3 is 1. The van der Waals surface area contributed by atoms with Crippen LogP contribution in [0.1, 0.15) is 11.9 Å². The lowest BCUT2D eigenvalue weighted by Crippen LogP contribution is -2.35. The minimum absolute atomic E-state index is 0.0120. The molecule has 4 rings (SSSR count). The summed E-state index contributed by atoms with van der Waals surface area (Å²) in [6.07, 6.45) is 0. The number of rotatable bonds is 5. The Kier molecular flexibility index (Phi) is 4.58. The van der Waals surface area contributed by atoms with Gasteiger partial charge in [-0.2, -0.15) is 0 Å². The van der Waals surface area contributed by atoms with Gasteiger partial charge in [-0.25, -0.2) is 22.5 Å². The molecule has 0 unspecified atom stereocenters. The fraction of sp³-hybridized carbons (Fsp3) is 0.278. The standard InChI is InChI=1S/C18H18FN3O4S/c1-25-14-4-7-16-17(8-14)22-13(10-26-11-18(22)21-16)9-20-27(23,24)15-5-2-12(19)3-6-15/h2-8,13,20H,9-11H2,1H3/t13-/m0/s1. The van der Waals surface area contributed by atoms with E-state index in [1.165, 1.54) is 12.1 Å². The molecular weight excluding hydrogens is 373 g/mol. The van der Waals surface area contributed by atoms with Gasteiger partial charge in [0.2, 0.25) is 10.0 Å². The van der Waals surface area contributed by atoms with E-state index in [2.05, 4.69) is 9.71 Å². The zero-order valence-corrected chi connectivity index (χ0v) is 15.4. The Balaban J connectivity index is 1.62. The number of sulfonamides is 1. The zero-order valence-electron chi connectivity index (χ0n) is 14.6. The van der Waals surface area contributed by atoms with Crippen molar-refractivity contribution in [3.63, 3.8) is 0 Å². The molecule has 27 heavy (non-hydrogen) atoms. The van der Waals surface area contributed by atoms with Crippen LogP contribution in [0.5, 0.6) is 5.75 Å². The van der Waals surface area contributed by atoms with Crippen LogP contribution >= 0.6 is 0 Å². The molecule has 3 aromatic rings. The van der Waals surface area contributed by atoms with Crippen molar-refractivity contribution in [2.45, 2.75) is 17.5 Å². The zero-order chi connectivity index (χ0) is 19.0. The molecule has 0 spiro atoms. The van der Waals surface area contributed by atoms with E-state index >= 15 is 0 Å². The average molecular weight is 391 g/mol. The first kappa shape index (κ1) is 17.9. The number of halogens is 1. The van der Waals surface area contributed by atoms with Crippen molar-refractivity contribution in [1.82, 2.24) is 14.3 Å². The molecule has 7 nitrogen and oxygen atoms in total. The van der Waals surface area contributed by atoms with Gasteiger partial charge in [0.15, 0.2) is 0 Å². The van der Waals surface area contributed by atoms with E-state index in [4.69, 9.17) is 9.47 Å². The van der Waals surface area contributed by atoms with Crippen LogP contribution in [0.2, 0.25) is 0 Å². The van der Waals surface area contributed by atoms with Crippen LogP contribution in [0.3, 0.4) is 0 Å². The van der Waals surface area contributed by atoms with E-state index in [9.17, 15) is 12.8 Å². The Hall–Kier alpha value is -2.49. The maximum Gasteiger partial charge on any atom is 0.240 e. The highest BCUT2D eigenvalue weighted by Gasteiger charge is 2.26. The second kappa shape index (κ2) is 6.91. The Morgan fingerprint density at radius 3 is 2.81 bits per heavy atom. The van der Waals surface area contributed by atoms with Crippen LogP contribution in [-0.4, -0.2) is 38.2 Å². The third kappa shape index (κ3) is 3.41. The number of imidazole rings is 1. The summed E-state index contributed by atoms with van der Waals surface area (Å²) in [7, 11) is -2.17. The fourth-order valence-corrected chi connectivity index (χ4v) is 4.25. The third-order valence-electron chi connectivity index (χ3n) is 4.51. The highest BCUT2D eigenvalue weighted by atomic mass is 32.2. The number of hydrogen-bond acceptors (Lipinski definition) is 5. The molecule has 1 aliphatic heterocycles. The molecule has 0 saturated carbocycles. The average Bonchev–Trinajstić information content (AvgIpc) is 3.05. The van der Waals surface area contributed by atoms with Crippen LogP contribution < -0.4 is 9.46 Å². The Morgan fingerprint density at radius 2 is 2.07 bits per heavy atom.